The predicted molar refractivity (Wildman–Crippen MR) is 117 cm³/mol. The van der Waals surface area contributed by atoms with Crippen molar-refractivity contribution in [1.82, 2.24) is 15.5 Å². The zero-order valence-corrected chi connectivity index (χ0v) is 18.3. The fourth-order valence-electron chi connectivity index (χ4n) is 5.17. The molecule has 2 saturated heterocycles. The maximum absolute atomic E-state index is 12.9. The number of anilines is 1. The molecule has 0 aromatic heterocycles. The molecule has 1 amide bonds. The van der Waals surface area contributed by atoms with E-state index in [0.717, 1.165) is 57.4 Å². The standard InChI is InChI=1S/C22H31ClN4O3/c1-13(28)20(14-2-7-25-8-3-14)27-9-4-15(5-10-27)26-22(29)17-12-18(23)19(24)16-6-11-30-21(16)17/h12,14-15,20,25H,2-11,24H2,1H3,(H,26,29). The third kappa shape index (κ3) is 4.29. The van der Waals surface area contributed by atoms with Crippen LogP contribution in [0, 0.1) is 5.92 Å². The van der Waals surface area contributed by atoms with Crippen LogP contribution in [-0.2, 0) is 11.2 Å². The van der Waals surface area contributed by atoms with Gasteiger partial charge >= 0.3 is 0 Å². The van der Waals surface area contributed by atoms with Crippen LogP contribution in [0.3, 0.4) is 0 Å². The molecular weight excluding hydrogens is 404 g/mol. The average molecular weight is 435 g/mol. The minimum Gasteiger partial charge on any atom is -0.492 e. The maximum Gasteiger partial charge on any atom is 0.255 e. The van der Waals surface area contributed by atoms with Crippen molar-refractivity contribution >= 4 is 29.0 Å². The Morgan fingerprint density at radius 2 is 1.97 bits per heavy atom. The molecule has 164 valence electrons. The molecule has 1 aromatic carbocycles. The molecule has 4 rings (SSSR count). The van der Waals surface area contributed by atoms with Crippen molar-refractivity contribution in [2.45, 2.75) is 51.1 Å². The number of hydrogen-bond acceptors (Lipinski definition) is 6. The van der Waals surface area contributed by atoms with Gasteiger partial charge in [-0.3, -0.25) is 14.5 Å². The van der Waals surface area contributed by atoms with Crippen molar-refractivity contribution in [1.29, 1.82) is 0 Å². The molecule has 0 spiro atoms. The Hall–Kier alpha value is -1.83. The van der Waals surface area contributed by atoms with E-state index in [1.54, 1.807) is 13.0 Å². The van der Waals surface area contributed by atoms with Crippen LogP contribution in [0.4, 0.5) is 5.69 Å². The van der Waals surface area contributed by atoms with Gasteiger partial charge in [-0.2, -0.15) is 0 Å². The molecule has 0 saturated carbocycles. The Morgan fingerprint density at radius 3 is 2.63 bits per heavy atom. The Balaban J connectivity index is 1.38. The van der Waals surface area contributed by atoms with Gasteiger partial charge in [-0.1, -0.05) is 11.6 Å². The van der Waals surface area contributed by atoms with Crippen molar-refractivity contribution in [3.05, 3.63) is 22.2 Å². The van der Waals surface area contributed by atoms with E-state index >= 15 is 0 Å². The number of hydrogen-bond donors (Lipinski definition) is 3. The number of Topliss-reactive ketones (excluding diaryl/α,β-unsaturated/α-hetero) is 1. The van der Waals surface area contributed by atoms with E-state index in [4.69, 9.17) is 22.1 Å². The van der Waals surface area contributed by atoms with Gasteiger partial charge in [0.05, 0.1) is 28.9 Å². The third-order valence-corrected chi connectivity index (χ3v) is 7.03. The average Bonchev–Trinajstić information content (AvgIpc) is 3.23. The summed E-state index contributed by atoms with van der Waals surface area (Å²) in [4.78, 5) is 27.6. The van der Waals surface area contributed by atoms with E-state index in [1.807, 2.05) is 0 Å². The van der Waals surface area contributed by atoms with Gasteiger partial charge in [-0.05, 0) is 57.7 Å². The van der Waals surface area contributed by atoms with Gasteiger partial charge in [0.25, 0.3) is 5.91 Å². The summed E-state index contributed by atoms with van der Waals surface area (Å²) in [5.41, 5.74) is 7.82. The molecular formula is C22H31ClN4O3. The molecule has 3 aliphatic rings. The molecule has 0 aliphatic carbocycles. The summed E-state index contributed by atoms with van der Waals surface area (Å²) in [5, 5.41) is 6.91. The van der Waals surface area contributed by atoms with Gasteiger partial charge in [0.15, 0.2) is 0 Å². The third-order valence-electron chi connectivity index (χ3n) is 6.72. The number of ether oxygens (including phenoxy) is 1. The van der Waals surface area contributed by atoms with Crippen molar-refractivity contribution < 1.29 is 14.3 Å². The number of nitrogen functional groups attached to an aromatic ring is 1. The maximum atomic E-state index is 12.9. The summed E-state index contributed by atoms with van der Waals surface area (Å²) in [6, 6.07) is 1.67. The summed E-state index contributed by atoms with van der Waals surface area (Å²) < 4.78 is 5.67. The van der Waals surface area contributed by atoms with Gasteiger partial charge in [0.2, 0.25) is 0 Å². The van der Waals surface area contributed by atoms with E-state index in [-0.39, 0.29) is 23.8 Å². The zero-order chi connectivity index (χ0) is 21.3. The number of carbonyl (C=O) groups excluding carboxylic acids is 2. The normalized spacial score (nSPS) is 21.7. The highest BCUT2D eigenvalue weighted by molar-refractivity contribution is 6.33. The number of piperidine rings is 2. The van der Waals surface area contributed by atoms with Crippen LogP contribution in [0.1, 0.15) is 48.5 Å². The van der Waals surface area contributed by atoms with Crippen LogP contribution in [0.2, 0.25) is 5.02 Å². The Kier molecular flexibility index (Phi) is 6.51. The van der Waals surface area contributed by atoms with Gasteiger partial charge in [0, 0.05) is 31.1 Å². The molecule has 1 atom stereocenters. The van der Waals surface area contributed by atoms with Crippen molar-refractivity contribution in [2.24, 2.45) is 5.92 Å². The van der Waals surface area contributed by atoms with Crippen LogP contribution in [-0.4, -0.2) is 61.5 Å². The summed E-state index contributed by atoms with van der Waals surface area (Å²) in [6.07, 6.45) is 4.41. The second-order valence-electron chi connectivity index (χ2n) is 8.65. The monoisotopic (exact) mass is 434 g/mol. The van der Waals surface area contributed by atoms with E-state index < -0.39 is 0 Å². The molecule has 30 heavy (non-hydrogen) atoms. The number of nitrogens with one attached hydrogen (secondary N) is 2. The van der Waals surface area contributed by atoms with E-state index in [9.17, 15) is 9.59 Å². The van der Waals surface area contributed by atoms with Crippen molar-refractivity contribution in [2.75, 3.05) is 38.5 Å². The van der Waals surface area contributed by atoms with Crippen LogP contribution in [0.5, 0.6) is 5.75 Å². The van der Waals surface area contributed by atoms with Crippen molar-refractivity contribution in [3.8, 4) is 5.75 Å². The molecule has 4 N–H and O–H groups in total. The summed E-state index contributed by atoms with van der Waals surface area (Å²) in [5.74, 6) is 1.07. The predicted octanol–water partition coefficient (Wildman–Crippen LogP) is 2.01. The molecule has 0 bridgehead atoms. The smallest absolute Gasteiger partial charge is 0.255 e. The van der Waals surface area contributed by atoms with Crippen LogP contribution < -0.4 is 21.1 Å². The first-order valence-corrected chi connectivity index (χ1v) is 11.3. The topological polar surface area (TPSA) is 96.7 Å². The minimum atomic E-state index is -0.171. The number of nitrogens with zero attached hydrogens (tertiary/aromatic N) is 1. The lowest BCUT2D eigenvalue weighted by Gasteiger charge is -2.41. The van der Waals surface area contributed by atoms with Crippen LogP contribution in [0.15, 0.2) is 6.07 Å². The number of likely N-dealkylation sites (tertiary alicyclic amines) is 1. The number of ketones is 1. The molecule has 1 unspecified atom stereocenters. The lowest BCUT2D eigenvalue weighted by molar-refractivity contribution is -0.125. The lowest BCUT2D eigenvalue weighted by Crippen LogP contribution is -2.53. The lowest BCUT2D eigenvalue weighted by atomic mass is 9.86. The van der Waals surface area contributed by atoms with Crippen LogP contribution in [0.25, 0.3) is 0 Å². The summed E-state index contributed by atoms with van der Waals surface area (Å²) >= 11 is 6.24. The number of rotatable bonds is 5. The number of fused-ring (bicyclic) bond motifs is 1. The molecule has 7 nitrogen and oxygen atoms in total. The molecule has 8 heteroatoms. The number of carbonyl (C=O) groups is 2. The summed E-state index contributed by atoms with van der Waals surface area (Å²) in [6.45, 7) is 5.83. The SMILES string of the molecule is CC(=O)C(C1CCNCC1)N1CCC(NC(=O)c2cc(Cl)c(N)c3c2OCC3)CC1. The highest BCUT2D eigenvalue weighted by Crippen LogP contribution is 2.38. The summed E-state index contributed by atoms with van der Waals surface area (Å²) in [7, 11) is 0. The molecule has 3 heterocycles. The quantitative estimate of drug-likeness (QED) is 0.613. The fraction of sp³-hybridized carbons (Fsp3) is 0.636. The van der Waals surface area contributed by atoms with Gasteiger partial charge in [-0.15, -0.1) is 0 Å². The number of amides is 1. The van der Waals surface area contributed by atoms with Crippen LogP contribution >= 0.6 is 11.6 Å². The molecule has 1 aromatic rings. The van der Waals surface area contributed by atoms with Crippen molar-refractivity contribution in [3.63, 3.8) is 0 Å². The molecule has 2 fully saturated rings. The van der Waals surface area contributed by atoms with Gasteiger partial charge in [0.1, 0.15) is 11.5 Å². The second kappa shape index (κ2) is 9.12. The zero-order valence-electron chi connectivity index (χ0n) is 17.5. The highest BCUT2D eigenvalue weighted by atomic mass is 35.5. The minimum absolute atomic E-state index is 0.00340. The largest absolute Gasteiger partial charge is 0.492 e. The van der Waals surface area contributed by atoms with E-state index in [1.165, 1.54) is 0 Å². The van der Waals surface area contributed by atoms with Gasteiger partial charge < -0.3 is 21.1 Å². The Morgan fingerprint density at radius 1 is 1.27 bits per heavy atom. The Labute approximate surface area is 182 Å². The number of nitrogens with two attached hydrogens (primary N) is 1. The van der Waals surface area contributed by atoms with Gasteiger partial charge in [-0.25, -0.2) is 0 Å². The van der Waals surface area contributed by atoms with E-state index in [0.29, 0.717) is 41.0 Å². The first-order valence-electron chi connectivity index (χ1n) is 11.0. The first-order chi connectivity index (χ1) is 14.5. The number of benzene rings is 1. The molecule has 3 aliphatic heterocycles. The Bertz CT molecular complexity index is 817. The first kappa shape index (κ1) is 21.4. The fourth-order valence-corrected chi connectivity index (χ4v) is 5.39. The number of halogens is 1. The highest BCUT2D eigenvalue weighted by Gasteiger charge is 2.35. The molecule has 0 radical (unpaired) electrons. The van der Waals surface area contributed by atoms with E-state index in [2.05, 4.69) is 15.5 Å². The second-order valence-corrected chi connectivity index (χ2v) is 9.06.